The van der Waals surface area contributed by atoms with E-state index in [-0.39, 0.29) is 16.8 Å². The molecule has 2 aliphatic rings. The third-order valence-electron chi connectivity index (χ3n) is 7.95. The number of hydrogen-bond acceptors (Lipinski definition) is 7. The van der Waals surface area contributed by atoms with Gasteiger partial charge in [0.2, 0.25) is 0 Å². The molecule has 6 rings (SSSR count). The predicted molar refractivity (Wildman–Crippen MR) is 170 cm³/mol. The van der Waals surface area contributed by atoms with Crippen LogP contribution in [0.5, 0.6) is 11.5 Å². The van der Waals surface area contributed by atoms with Crippen LogP contribution in [0.2, 0.25) is 0 Å². The van der Waals surface area contributed by atoms with Crippen LogP contribution in [0, 0.1) is 12.3 Å². The second-order valence-electron chi connectivity index (χ2n) is 12.0. The minimum absolute atomic E-state index is 0.0370. The minimum atomic E-state index is -0.584. The molecule has 1 aliphatic heterocycles. The maximum Gasteiger partial charge on any atom is 0.257 e. The van der Waals surface area contributed by atoms with Gasteiger partial charge in [0.1, 0.15) is 12.4 Å². The first-order valence-electron chi connectivity index (χ1n) is 14.4. The van der Waals surface area contributed by atoms with E-state index < -0.39 is 5.92 Å². The van der Waals surface area contributed by atoms with Crippen LogP contribution in [-0.2, 0) is 17.2 Å². The molecular formula is C35H35N3O4S. The number of ketones is 1. The number of carbonyl (C=O) groups is 1. The maximum absolute atomic E-state index is 13.8. The van der Waals surface area contributed by atoms with Gasteiger partial charge >= 0.3 is 0 Å². The van der Waals surface area contributed by atoms with Gasteiger partial charge in [-0.3, -0.25) is 9.59 Å². The number of nitrogens with one attached hydrogen (secondary N) is 2. The Kier molecular flexibility index (Phi) is 7.88. The number of aromatic nitrogens is 2. The minimum Gasteiger partial charge on any atom is -0.493 e. The van der Waals surface area contributed by atoms with Crippen molar-refractivity contribution in [2.24, 2.45) is 5.41 Å². The third kappa shape index (κ3) is 6.11. The molecule has 220 valence electrons. The second-order valence-corrected chi connectivity index (χ2v) is 12.9. The lowest BCUT2D eigenvalue weighted by Crippen LogP contribution is -2.37. The van der Waals surface area contributed by atoms with Crippen LogP contribution in [0.1, 0.15) is 60.4 Å². The largest absolute Gasteiger partial charge is 0.493 e. The Morgan fingerprint density at radius 3 is 2.47 bits per heavy atom. The molecule has 0 fully saturated rings. The number of fused-ring (bicyclic) bond motifs is 1. The van der Waals surface area contributed by atoms with Crippen molar-refractivity contribution in [2.45, 2.75) is 57.0 Å². The van der Waals surface area contributed by atoms with Crippen molar-refractivity contribution >= 4 is 23.4 Å². The summed E-state index contributed by atoms with van der Waals surface area (Å²) in [4.78, 5) is 35.3. The first kappa shape index (κ1) is 28.8. The zero-order valence-corrected chi connectivity index (χ0v) is 25.6. The number of H-pyrrole nitrogens is 1. The number of rotatable bonds is 8. The van der Waals surface area contributed by atoms with Crippen LogP contribution in [0.25, 0.3) is 0 Å². The van der Waals surface area contributed by atoms with Crippen molar-refractivity contribution in [1.82, 2.24) is 9.97 Å². The van der Waals surface area contributed by atoms with Crippen LogP contribution in [-0.4, -0.2) is 22.9 Å². The van der Waals surface area contributed by atoms with Crippen LogP contribution in [0.15, 0.2) is 94.0 Å². The van der Waals surface area contributed by atoms with Gasteiger partial charge in [0.15, 0.2) is 22.4 Å². The number of ether oxygens (including phenoxy) is 2. The molecule has 0 saturated heterocycles. The summed E-state index contributed by atoms with van der Waals surface area (Å²) in [6.45, 7) is 6.64. The highest BCUT2D eigenvalue weighted by atomic mass is 32.2. The number of aromatic amines is 1. The van der Waals surface area contributed by atoms with Gasteiger partial charge in [0.05, 0.1) is 12.7 Å². The Balaban J connectivity index is 1.38. The van der Waals surface area contributed by atoms with E-state index in [1.165, 1.54) is 17.3 Å². The summed E-state index contributed by atoms with van der Waals surface area (Å²) in [7, 11) is 1.59. The Labute approximate surface area is 255 Å². The van der Waals surface area contributed by atoms with Crippen LogP contribution in [0.3, 0.4) is 0 Å². The lowest BCUT2D eigenvalue weighted by Gasteiger charge is -2.38. The highest BCUT2D eigenvalue weighted by Crippen LogP contribution is 2.48. The van der Waals surface area contributed by atoms with Gasteiger partial charge in [-0.15, -0.1) is 0 Å². The first-order valence-corrected chi connectivity index (χ1v) is 15.4. The van der Waals surface area contributed by atoms with Crippen molar-refractivity contribution in [3.8, 4) is 11.5 Å². The molecule has 0 spiro atoms. The van der Waals surface area contributed by atoms with Crippen LogP contribution >= 0.6 is 11.8 Å². The van der Waals surface area contributed by atoms with E-state index >= 15 is 0 Å². The zero-order chi connectivity index (χ0) is 30.1. The highest BCUT2D eigenvalue weighted by molar-refractivity contribution is 7.98. The predicted octanol–water partition coefficient (Wildman–Crippen LogP) is 7.16. The lowest BCUT2D eigenvalue weighted by molar-refractivity contribution is -0.118. The molecule has 1 aromatic heterocycles. The summed E-state index contributed by atoms with van der Waals surface area (Å²) < 4.78 is 11.8. The van der Waals surface area contributed by atoms with Crippen molar-refractivity contribution in [3.63, 3.8) is 0 Å². The number of methoxy groups -OCH3 is 1. The Bertz CT molecular complexity index is 1760. The van der Waals surface area contributed by atoms with E-state index in [9.17, 15) is 9.59 Å². The number of carbonyl (C=O) groups excluding carboxylic acids is 1. The fraction of sp³-hybridized carbons (Fsp3) is 0.286. The van der Waals surface area contributed by atoms with Crippen molar-refractivity contribution < 1.29 is 14.3 Å². The van der Waals surface area contributed by atoms with Gasteiger partial charge < -0.3 is 19.8 Å². The number of anilines is 1. The topological polar surface area (TPSA) is 93.3 Å². The molecule has 0 bridgehead atoms. The monoisotopic (exact) mass is 593 g/mol. The molecule has 0 saturated carbocycles. The summed E-state index contributed by atoms with van der Waals surface area (Å²) in [5, 5.41) is 3.94. The van der Waals surface area contributed by atoms with Crippen LogP contribution < -0.4 is 20.3 Å². The fourth-order valence-electron chi connectivity index (χ4n) is 5.85. The van der Waals surface area contributed by atoms with Crippen molar-refractivity contribution in [2.75, 3.05) is 12.4 Å². The summed E-state index contributed by atoms with van der Waals surface area (Å²) >= 11 is 1.48. The molecule has 1 atom stereocenters. The summed E-state index contributed by atoms with van der Waals surface area (Å²) in [5.74, 6) is 1.74. The van der Waals surface area contributed by atoms with E-state index in [2.05, 4.69) is 55.3 Å². The number of benzene rings is 3. The smallest absolute Gasteiger partial charge is 0.257 e. The normalized spacial score (nSPS) is 17.1. The molecule has 3 aromatic carbocycles. The molecule has 43 heavy (non-hydrogen) atoms. The first-order chi connectivity index (χ1) is 20.7. The van der Waals surface area contributed by atoms with E-state index in [0.717, 1.165) is 22.4 Å². The van der Waals surface area contributed by atoms with E-state index in [4.69, 9.17) is 14.5 Å². The van der Waals surface area contributed by atoms with E-state index in [1.807, 2.05) is 48.5 Å². The number of Topliss-reactive ketones (excluding diaryl/α,β-unsaturated/α-hetero) is 1. The Morgan fingerprint density at radius 1 is 0.953 bits per heavy atom. The van der Waals surface area contributed by atoms with E-state index in [1.54, 1.807) is 7.11 Å². The van der Waals surface area contributed by atoms with Gasteiger partial charge in [-0.25, -0.2) is 4.98 Å². The molecule has 7 nitrogen and oxygen atoms in total. The molecular weight excluding hydrogens is 558 g/mol. The summed E-state index contributed by atoms with van der Waals surface area (Å²) in [6, 6.07) is 23.9. The van der Waals surface area contributed by atoms with Gasteiger partial charge in [-0.2, -0.15) is 0 Å². The van der Waals surface area contributed by atoms with Crippen molar-refractivity contribution in [3.05, 3.63) is 122 Å². The summed E-state index contributed by atoms with van der Waals surface area (Å²) in [5.41, 5.74) is 5.59. The zero-order valence-electron chi connectivity index (χ0n) is 24.8. The molecule has 2 N–H and O–H groups in total. The number of thioether (sulfide) groups is 1. The molecule has 1 aliphatic carbocycles. The standard InChI is InChI=1S/C35H35N3O4S/c1-21-10-12-23(13-11-21)20-43-34-37-32-31(33(40)38-34)29(30-25(36-32)17-35(2,3)18-26(30)39)24-14-15-27(28(16-24)41-4)42-19-22-8-6-5-7-9-22/h5-16,29H,17-20H2,1-4H3,(H2,36,37,38,40). The second kappa shape index (κ2) is 11.8. The molecule has 4 aromatic rings. The molecule has 1 unspecified atom stereocenters. The molecule has 0 amide bonds. The van der Waals surface area contributed by atoms with Gasteiger partial charge in [0, 0.05) is 29.4 Å². The van der Waals surface area contributed by atoms with Gasteiger partial charge in [-0.05, 0) is 47.6 Å². The quantitative estimate of drug-likeness (QED) is 0.165. The summed E-state index contributed by atoms with van der Waals surface area (Å²) in [6.07, 6.45) is 1.09. The molecule has 2 heterocycles. The number of hydrogen-bond donors (Lipinski definition) is 2. The third-order valence-corrected chi connectivity index (χ3v) is 8.90. The van der Waals surface area contributed by atoms with Crippen molar-refractivity contribution in [1.29, 1.82) is 0 Å². The van der Waals surface area contributed by atoms with Gasteiger partial charge in [-0.1, -0.05) is 91.8 Å². The Morgan fingerprint density at radius 2 is 1.72 bits per heavy atom. The maximum atomic E-state index is 13.8. The van der Waals surface area contributed by atoms with E-state index in [0.29, 0.717) is 58.8 Å². The SMILES string of the molecule is COc1cc(C2C3=C(CC(C)(C)CC3=O)Nc3nc(SCc4ccc(C)cc4)[nH]c(=O)c32)ccc1OCc1ccccc1. The Hall–Kier alpha value is -4.30. The number of aryl methyl sites for hydroxylation is 1. The average Bonchev–Trinajstić information content (AvgIpc) is 2.98. The fourth-order valence-corrected chi connectivity index (χ4v) is 6.67. The molecule has 8 heteroatoms. The average molecular weight is 594 g/mol. The number of nitrogens with zero attached hydrogens (tertiary/aromatic N) is 1. The lowest BCUT2D eigenvalue weighted by atomic mass is 9.69. The van der Waals surface area contributed by atoms with Gasteiger partial charge in [0.25, 0.3) is 5.56 Å². The molecule has 0 radical (unpaired) electrons. The number of allylic oxidation sites excluding steroid dienone is 2. The van der Waals surface area contributed by atoms with Crippen LogP contribution in [0.4, 0.5) is 5.82 Å². The highest BCUT2D eigenvalue weighted by Gasteiger charge is 2.42.